The lowest BCUT2D eigenvalue weighted by Gasteiger charge is -2.42. The van der Waals surface area contributed by atoms with E-state index in [9.17, 15) is 29.7 Å². The quantitative estimate of drug-likeness (QED) is 0.247. The Hall–Kier alpha value is -4.30. The topological polar surface area (TPSA) is 186 Å². The Morgan fingerprint density at radius 1 is 1.00 bits per heavy atom. The lowest BCUT2D eigenvalue weighted by molar-refractivity contribution is -0.244. The molecule has 5 atom stereocenters. The number of amides is 1. The van der Waals surface area contributed by atoms with Crippen molar-refractivity contribution in [3.63, 3.8) is 0 Å². The van der Waals surface area contributed by atoms with Gasteiger partial charge < -0.3 is 44.9 Å². The van der Waals surface area contributed by atoms with Crippen LogP contribution in [0.2, 0.25) is 0 Å². The summed E-state index contributed by atoms with van der Waals surface area (Å²) in [5.41, 5.74) is 1.79. The number of carbonyl (C=O) groups is 3. The normalized spacial score (nSPS) is 22.3. The van der Waals surface area contributed by atoms with Gasteiger partial charge in [-0.05, 0) is 42.5 Å². The third-order valence-electron chi connectivity index (χ3n) is 6.32. The molecular formula is C27H29N3O10. The molecule has 212 valence electrons. The highest BCUT2D eigenvalue weighted by Crippen LogP contribution is 2.32. The summed E-state index contributed by atoms with van der Waals surface area (Å²) >= 11 is 0. The lowest BCUT2D eigenvalue weighted by Crippen LogP contribution is -2.65. The summed E-state index contributed by atoms with van der Waals surface area (Å²) in [7, 11) is 2.51. The molecule has 1 amide bonds. The third-order valence-corrected chi connectivity index (χ3v) is 6.32. The molecule has 3 aromatic rings. The zero-order chi connectivity index (χ0) is 29.0. The molecular weight excluding hydrogens is 526 g/mol. The van der Waals surface area contributed by atoms with Crippen LogP contribution in [0.5, 0.6) is 5.75 Å². The summed E-state index contributed by atoms with van der Waals surface area (Å²) in [6.07, 6.45) is -3.87. The number of esters is 2. The molecule has 0 saturated carbocycles. The minimum Gasteiger partial charge on any atom is -0.465 e. The number of fused-ring (bicyclic) bond motifs is 1. The molecule has 1 aliphatic rings. The van der Waals surface area contributed by atoms with Gasteiger partial charge in [-0.25, -0.2) is 9.59 Å². The summed E-state index contributed by atoms with van der Waals surface area (Å²) in [6.45, 7) is 0.669. The Kier molecular flexibility index (Phi) is 8.80. The number of ether oxygens (including phenoxy) is 4. The van der Waals surface area contributed by atoms with E-state index in [2.05, 4.69) is 15.6 Å². The Morgan fingerprint density at radius 3 is 2.33 bits per heavy atom. The van der Waals surface area contributed by atoms with Gasteiger partial charge in [0.25, 0.3) is 0 Å². The van der Waals surface area contributed by atoms with Crippen molar-refractivity contribution in [1.29, 1.82) is 0 Å². The molecule has 0 unspecified atom stereocenters. The van der Waals surface area contributed by atoms with Gasteiger partial charge in [-0.1, -0.05) is 0 Å². The number of pyridine rings is 1. The minimum atomic E-state index is -1.45. The zero-order valence-electron chi connectivity index (χ0n) is 21.9. The van der Waals surface area contributed by atoms with Crippen LogP contribution in [-0.4, -0.2) is 89.6 Å². The largest absolute Gasteiger partial charge is 0.465 e. The maximum absolute atomic E-state index is 12.5. The molecule has 1 saturated heterocycles. The van der Waals surface area contributed by atoms with E-state index >= 15 is 0 Å². The fraction of sp³-hybridized carbons (Fsp3) is 0.333. The number of aromatic nitrogens is 1. The highest BCUT2D eigenvalue weighted by molar-refractivity contribution is 6.07. The van der Waals surface area contributed by atoms with Gasteiger partial charge in [-0.3, -0.25) is 9.78 Å². The predicted molar refractivity (Wildman–Crippen MR) is 140 cm³/mol. The van der Waals surface area contributed by atoms with Crippen molar-refractivity contribution in [2.75, 3.05) is 26.1 Å². The highest BCUT2D eigenvalue weighted by Gasteiger charge is 2.46. The monoisotopic (exact) mass is 555 g/mol. The molecule has 4 rings (SSSR count). The van der Waals surface area contributed by atoms with Crippen molar-refractivity contribution < 1.29 is 48.7 Å². The van der Waals surface area contributed by atoms with E-state index in [-0.39, 0.29) is 16.9 Å². The van der Waals surface area contributed by atoms with E-state index in [1.807, 2.05) is 0 Å². The molecule has 0 spiro atoms. The average molecular weight is 556 g/mol. The van der Waals surface area contributed by atoms with E-state index in [1.165, 1.54) is 27.3 Å². The van der Waals surface area contributed by atoms with Gasteiger partial charge in [0, 0.05) is 24.2 Å². The third kappa shape index (κ3) is 5.97. The van der Waals surface area contributed by atoms with Crippen LogP contribution >= 0.6 is 0 Å². The minimum absolute atomic E-state index is 0.133. The van der Waals surface area contributed by atoms with Gasteiger partial charge >= 0.3 is 11.9 Å². The average Bonchev–Trinajstić information content (AvgIpc) is 2.96. The summed E-state index contributed by atoms with van der Waals surface area (Å²) < 4.78 is 21.2. The first-order valence-electron chi connectivity index (χ1n) is 12.2. The molecule has 5 N–H and O–H groups in total. The number of rotatable bonds is 8. The smallest absolute Gasteiger partial charge is 0.341 e. The maximum atomic E-state index is 12.5. The van der Waals surface area contributed by atoms with Crippen LogP contribution in [0.1, 0.15) is 27.6 Å². The molecule has 1 fully saturated rings. The van der Waals surface area contributed by atoms with Crippen molar-refractivity contribution in [3.8, 4) is 5.75 Å². The summed E-state index contributed by atoms with van der Waals surface area (Å²) in [6, 6.07) is 10.1. The number of hydrogen-bond donors (Lipinski definition) is 5. The van der Waals surface area contributed by atoms with E-state index in [0.29, 0.717) is 22.3 Å². The lowest BCUT2D eigenvalue weighted by atomic mass is 9.97. The van der Waals surface area contributed by atoms with Crippen molar-refractivity contribution in [2.24, 2.45) is 0 Å². The molecule has 1 aromatic heterocycles. The van der Waals surface area contributed by atoms with Crippen molar-refractivity contribution in [1.82, 2.24) is 10.3 Å². The second kappa shape index (κ2) is 12.3. The second-order valence-corrected chi connectivity index (χ2v) is 8.96. The van der Waals surface area contributed by atoms with E-state index in [0.717, 1.165) is 0 Å². The number of hydrogen-bond acceptors (Lipinski definition) is 12. The predicted octanol–water partition coefficient (Wildman–Crippen LogP) is 0.874. The zero-order valence-corrected chi connectivity index (χ0v) is 21.9. The Bertz CT molecular complexity index is 1390. The molecule has 2 heterocycles. The number of nitrogens with zero attached hydrogens (tertiary/aromatic N) is 1. The number of benzene rings is 2. The summed E-state index contributed by atoms with van der Waals surface area (Å²) in [5.74, 6) is -1.39. The molecule has 13 heteroatoms. The van der Waals surface area contributed by atoms with E-state index in [1.54, 1.807) is 42.5 Å². The summed E-state index contributed by atoms with van der Waals surface area (Å²) in [4.78, 5) is 40.6. The number of anilines is 2. The Morgan fingerprint density at radius 2 is 1.70 bits per heavy atom. The van der Waals surface area contributed by atoms with E-state index in [4.69, 9.17) is 18.9 Å². The van der Waals surface area contributed by atoms with Crippen molar-refractivity contribution in [2.45, 2.75) is 37.6 Å². The highest BCUT2D eigenvalue weighted by atomic mass is 16.7. The first kappa shape index (κ1) is 28.7. The van der Waals surface area contributed by atoms with Gasteiger partial charge in [-0.15, -0.1) is 0 Å². The van der Waals surface area contributed by atoms with Crippen LogP contribution in [0.25, 0.3) is 10.9 Å². The standard InChI is InChI=1S/C27H29N3O10/c1-13(32)29-22-24(34)23(33)20(12-31)40-27(22)39-16-7-5-15(6-8-16)30-21-17-10-14(25(35)37-2)4-9-19(17)28-11-18(21)26(36)38-3/h4-11,20,22-24,27,31,33-34H,12H2,1-3H3,(H,28,30)(H,29,32)/t20-,22-,23+,24+,27-/m0/s1. The fourth-order valence-electron chi connectivity index (χ4n) is 4.30. The van der Waals surface area contributed by atoms with Gasteiger partial charge in [0.15, 0.2) is 0 Å². The molecule has 13 nitrogen and oxygen atoms in total. The van der Waals surface area contributed by atoms with Gasteiger partial charge in [0.2, 0.25) is 12.2 Å². The number of nitrogens with one attached hydrogen (secondary N) is 2. The van der Waals surface area contributed by atoms with Crippen LogP contribution in [0.15, 0.2) is 48.7 Å². The fourth-order valence-corrected chi connectivity index (χ4v) is 4.30. The van der Waals surface area contributed by atoms with Crippen LogP contribution in [-0.2, 0) is 19.0 Å². The Labute approximate surface area is 228 Å². The Balaban J connectivity index is 1.63. The van der Waals surface area contributed by atoms with Gasteiger partial charge in [0.05, 0.1) is 37.6 Å². The molecule has 40 heavy (non-hydrogen) atoms. The van der Waals surface area contributed by atoms with Gasteiger partial charge in [0.1, 0.15) is 35.7 Å². The van der Waals surface area contributed by atoms with Crippen molar-refractivity contribution >= 4 is 40.1 Å². The number of carbonyl (C=O) groups excluding carboxylic acids is 3. The first-order chi connectivity index (χ1) is 19.2. The summed E-state index contributed by atoms with van der Waals surface area (Å²) in [5, 5.41) is 36.3. The maximum Gasteiger partial charge on any atom is 0.341 e. The van der Waals surface area contributed by atoms with Crippen LogP contribution in [0.3, 0.4) is 0 Å². The number of aliphatic hydroxyl groups excluding tert-OH is 3. The van der Waals surface area contributed by atoms with Crippen molar-refractivity contribution in [3.05, 3.63) is 59.8 Å². The van der Waals surface area contributed by atoms with E-state index < -0.39 is 55.1 Å². The molecule has 0 bridgehead atoms. The first-order valence-corrected chi connectivity index (χ1v) is 12.2. The molecule has 1 aliphatic heterocycles. The van der Waals surface area contributed by atoms with Crippen LogP contribution in [0, 0.1) is 0 Å². The number of methoxy groups -OCH3 is 2. The molecule has 0 aliphatic carbocycles. The van der Waals surface area contributed by atoms with Crippen LogP contribution < -0.4 is 15.4 Å². The second-order valence-electron chi connectivity index (χ2n) is 8.96. The van der Waals surface area contributed by atoms with Gasteiger partial charge in [-0.2, -0.15) is 0 Å². The molecule has 2 aromatic carbocycles. The number of aliphatic hydroxyl groups is 3. The molecule has 0 radical (unpaired) electrons. The SMILES string of the molecule is COC(=O)c1ccc2ncc(C(=O)OC)c(Nc3ccc(O[C@H]4O[C@@H](CO)[C@@H](O)[C@H](O)[C@@H]4NC(C)=O)cc3)c2c1. The van der Waals surface area contributed by atoms with Crippen LogP contribution in [0.4, 0.5) is 11.4 Å².